The van der Waals surface area contributed by atoms with Crippen LogP contribution in [0.3, 0.4) is 0 Å². The third kappa shape index (κ3) is 4.37. The van der Waals surface area contributed by atoms with Crippen LogP contribution in [0.15, 0.2) is 0 Å². The van der Waals surface area contributed by atoms with Gasteiger partial charge in [-0.15, -0.1) is 0 Å². The molecule has 2 amide bonds. The molecule has 20 heavy (non-hydrogen) atoms. The molecule has 0 radical (unpaired) electrons. The molecule has 2 atom stereocenters. The Balaban J connectivity index is 1.58. The fraction of sp³-hybridized carbons (Fsp3) is 0.857. The zero-order valence-corrected chi connectivity index (χ0v) is 11.9. The van der Waals surface area contributed by atoms with Crippen molar-refractivity contribution < 1.29 is 14.7 Å². The van der Waals surface area contributed by atoms with Crippen molar-refractivity contribution in [2.45, 2.75) is 32.1 Å². The lowest BCUT2D eigenvalue weighted by Gasteiger charge is -2.18. The average molecular weight is 283 g/mol. The van der Waals surface area contributed by atoms with E-state index in [9.17, 15) is 9.59 Å². The number of rotatable bonds is 6. The Morgan fingerprint density at radius 2 is 1.85 bits per heavy atom. The fourth-order valence-electron chi connectivity index (χ4n) is 3.23. The predicted molar refractivity (Wildman–Crippen MR) is 75.5 cm³/mol. The number of carboxylic acids is 1. The molecule has 1 heterocycles. The number of amides is 2. The minimum absolute atomic E-state index is 0.0804. The summed E-state index contributed by atoms with van der Waals surface area (Å²) in [5.74, 6) is -0.944. The maximum absolute atomic E-state index is 11.7. The van der Waals surface area contributed by atoms with Crippen molar-refractivity contribution >= 4 is 12.0 Å². The van der Waals surface area contributed by atoms with Gasteiger partial charge in [-0.2, -0.15) is 0 Å². The van der Waals surface area contributed by atoms with Crippen LogP contribution in [0.25, 0.3) is 0 Å². The second kappa shape index (κ2) is 7.47. The number of nitrogens with zero attached hydrogens (tertiary/aromatic N) is 1. The van der Waals surface area contributed by atoms with E-state index < -0.39 is 5.97 Å². The summed E-state index contributed by atoms with van der Waals surface area (Å²) in [5, 5.41) is 14.7. The van der Waals surface area contributed by atoms with Gasteiger partial charge in [-0.1, -0.05) is 6.42 Å². The lowest BCUT2D eigenvalue weighted by atomic mass is 9.96. The highest BCUT2D eigenvalue weighted by molar-refractivity contribution is 5.74. The molecule has 0 spiro atoms. The number of carbonyl (C=O) groups is 2. The summed E-state index contributed by atoms with van der Waals surface area (Å²) in [7, 11) is 0. The van der Waals surface area contributed by atoms with E-state index >= 15 is 0 Å². The van der Waals surface area contributed by atoms with Crippen LogP contribution in [0.1, 0.15) is 32.1 Å². The van der Waals surface area contributed by atoms with Crippen LogP contribution in [0.4, 0.5) is 4.79 Å². The van der Waals surface area contributed by atoms with Gasteiger partial charge >= 0.3 is 12.0 Å². The molecule has 1 aliphatic heterocycles. The number of carboxylic acid groups (broad SMARTS) is 1. The molecule has 2 aliphatic rings. The Kier molecular flexibility index (Phi) is 5.64. The minimum Gasteiger partial charge on any atom is -0.481 e. The summed E-state index contributed by atoms with van der Waals surface area (Å²) < 4.78 is 0. The van der Waals surface area contributed by atoms with Crippen molar-refractivity contribution in [1.29, 1.82) is 0 Å². The molecule has 2 unspecified atom stereocenters. The zero-order valence-electron chi connectivity index (χ0n) is 11.9. The highest BCUT2D eigenvalue weighted by Gasteiger charge is 2.32. The van der Waals surface area contributed by atoms with Crippen molar-refractivity contribution in [3.05, 3.63) is 0 Å². The molecule has 6 heteroatoms. The second-order valence-corrected chi connectivity index (χ2v) is 5.82. The molecule has 0 aromatic rings. The number of likely N-dealkylation sites (tertiary alicyclic amines) is 1. The van der Waals surface area contributed by atoms with Gasteiger partial charge in [-0.3, -0.25) is 4.79 Å². The van der Waals surface area contributed by atoms with Gasteiger partial charge in [-0.25, -0.2) is 4.79 Å². The van der Waals surface area contributed by atoms with Crippen LogP contribution in [-0.2, 0) is 4.79 Å². The first-order chi connectivity index (χ1) is 9.66. The SMILES string of the molecule is O=C(NCCN1CCCC1)NCC1CCCC1C(=O)O. The number of nitrogens with one attached hydrogen (secondary N) is 2. The van der Waals surface area contributed by atoms with Gasteiger partial charge < -0.3 is 20.6 Å². The van der Waals surface area contributed by atoms with E-state index in [0.29, 0.717) is 13.1 Å². The third-order valence-corrected chi connectivity index (χ3v) is 4.41. The number of hydrogen-bond donors (Lipinski definition) is 3. The van der Waals surface area contributed by atoms with E-state index in [4.69, 9.17) is 5.11 Å². The topological polar surface area (TPSA) is 81.7 Å². The first kappa shape index (κ1) is 15.1. The van der Waals surface area contributed by atoms with Gasteiger partial charge in [0, 0.05) is 19.6 Å². The molecule has 0 aromatic heterocycles. The molecule has 1 aliphatic carbocycles. The smallest absolute Gasteiger partial charge is 0.314 e. The van der Waals surface area contributed by atoms with Gasteiger partial charge in [0.1, 0.15) is 0 Å². The summed E-state index contributed by atoms with van der Waals surface area (Å²) >= 11 is 0. The van der Waals surface area contributed by atoms with Gasteiger partial charge in [0.2, 0.25) is 0 Å². The van der Waals surface area contributed by atoms with E-state index in [1.807, 2.05) is 0 Å². The maximum Gasteiger partial charge on any atom is 0.314 e. The monoisotopic (exact) mass is 283 g/mol. The first-order valence-electron chi connectivity index (χ1n) is 7.63. The van der Waals surface area contributed by atoms with Crippen LogP contribution in [-0.4, -0.2) is 54.7 Å². The summed E-state index contributed by atoms with van der Waals surface area (Å²) in [6, 6.07) is -0.180. The molecule has 1 saturated heterocycles. The molecule has 0 aromatic carbocycles. The highest BCUT2D eigenvalue weighted by atomic mass is 16.4. The molecule has 2 fully saturated rings. The van der Waals surface area contributed by atoms with E-state index in [1.54, 1.807) is 0 Å². The Bertz CT molecular complexity index is 343. The Morgan fingerprint density at radius 3 is 2.55 bits per heavy atom. The molecule has 3 N–H and O–H groups in total. The van der Waals surface area contributed by atoms with Gasteiger partial charge in [0.05, 0.1) is 5.92 Å². The van der Waals surface area contributed by atoms with Gasteiger partial charge in [0.25, 0.3) is 0 Å². The Hall–Kier alpha value is -1.30. The number of hydrogen-bond acceptors (Lipinski definition) is 3. The lowest BCUT2D eigenvalue weighted by Crippen LogP contribution is -2.42. The predicted octanol–water partition coefficient (Wildman–Crippen LogP) is 0.882. The summed E-state index contributed by atoms with van der Waals surface area (Å²) in [5.41, 5.74) is 0. The second-order valence-electron chi connectivity index (χ2n) is 5.82. The first-order valence-corrected chi connectivity index (χ1v) is 7.63. The van der Waals surface area contributed by atoms with Crippen molar-refractivity contribution in [2.75, 3.05) is 32.7 Å². The standard InChI is InChI=1S/C14H25N3O3/c18-13(19)12-5-3-4-11(12)10-16-14(20)15-6-9-17-7-1-2-8-17/h11-12H,1-10H2,(H,18,19)(H2,15,16,20). The highest BCUT2D eigenvalue weighted by Crippen LogP contribution is 2.31. The molecule has 0 bridgehead atoms. The quantitative estimate of drug-likeness (QED) is 0.676. The molecule has 6 nitrogen and oxygen atoms in total. The molecule has 1 saturated carbocycles. The van der Waals surface area contributed by atoms with E-state index in [1.165, 1.54) is 12.8 Å². The van der Waals surface area contributed by atoms with Crippen LogP contribution in [0.5, 0.6) is 0 Å². The molecular formula is C14H25N3O3. The van der Waals surface area contributed by atoms with Crippen molar-refractivity contribution in [3.63, 3.8) is 0 Å². The summed E-state index contributed by atoms with van der Waals surface area (Å²) in [6.07, 6.45) is 5.08. The summed E-state index contributed by atoms with van der Waals surface area (Å²) in [6.45, 7) is 4.28. The van der Waals surface area contributed by atoms with Crippen LogP contribution < -0.4 is 10.6 Å². The van der Waals surface area contributed by atoms with Gasteiger partial charge in [-0.05, 0) is 44.7 Å². The Morgan fingerprint density at radius 1 is 1.10 bits per heavy atom. The fourth-order valence-corrected chi connectivity index (χ4v) is 3.23. The summed E-state index contributed by atoms with van der Waals surface area (Å²) in [4.78, 5) is 25.0. The molecule has 2 rings (SSSR count). The third-order valence-electron chi connectivity index (χ3n) is 4.41. The number of urea groups is 1. The number of carbonyl (C=O) groups excluding carboxylic acids is 1. The van der Waals surface area contributed by atoms with E-state index in [0.717, 1.165) is 38.9 Å². The van der Waals surface area contributed by atoms with Crippen LogP contribution >= 0.6 is 0 Å². The molecule has 114 valence electrons. The van der Waals surface area contributed by atoms with Crippen LogP contribution in [0.2, 0.25) is 0 Å². The minimum atomic E-state index is -0.733. The zero-order chi connectivity index (χ0) is 14.4. The van der Waals surface area contributed by atoms with E-state index in [2.05, 4.69) is 15.5 Å². The molecular weight excluding hydrogens is 258 g/mol. The maximum atomic E-state index is 11.7. The van der Waals surface area contributed by atoms with Crippen molar-refractivity contribution in [2.24, 2.45) is 11.8 Å². The van der Waals surface area contributed by atoms with Crippen molar-refractivity contribution in [1.82, 2.24) is 15.5 Å². The Labute approximate surface area is 119 Å². The normalized spacial score (nSPS) is 26.6. The van der Waals surface area contributed by atoms with Crippen molar-refractivity contribution in [3.8, 4) is 0 Å². The van der Waals surface area contributed by atoms with Gasteiger partial charge in [0.15, 0.2) is 0 Å². The van der Waals surface area contributed by atoms with Crippen LogP contribution in [0, 0.1) is 11.8 Å². The average Bonchev–Trinajstić information content (AvgIpc) is 3.07. The lowest BCUT2D eigenvalue weighted by molar-refractivity contribution is -0.142. The van der Waals surface area contributed by atoms with E-state index in [-0.39, 0.29) is 17.9 Å². The largest absolute Gasteiger partial charge is 0.481 e. The number of aliphatic carboxylic acids is 1.